The maximum atomic E-state index is 11.8. The highest BCUT2D eigenvalue weighted by molar-refractivity contribution is 5.95. The molecule has 1 fully saturated rings. The number of hydrogen-bond acceptors (Lipinski definition) is 2. The molecule has 0 spiro atoms. The van der Waals surface area contributed by atoms with Crippen molar-refractivity contribution in [1.29, 1.82) is 0 Å². The lowest BCUT2D eigenvalue weighted by Gasteiger charge is -2.22. The number of benzene rings is 1. The molecule has 1 aliphatic heterocycles. The zero-order chi connectivity index (χ0) is 15.4. The van der Waals surface area contributed by atoms with Crippen molar-refractivity contribution in [3.8, 4) is 0 Å². The molecule has 1 aromatic rings. The second-order valence-corrected chi connectivity index (χ2v) is 5.72. The predicted molar refractivity (Wildman–Crippen MR) is 86.5 cm³/mol. The van der Waals surface area contributed by atoms with Crippen LogP contribution < -0.4 is 4.90 Å². The number of nitrogens with zero attached hydrogens (tertiary/aromatic N) is 4. The first-order valence-corrected chi connectivity index (χ1v) is 7.27. The van der Waals surface area contributed by atoms with Crippen molar-refractivity contribution in [2.75, 3.05) is 39.6 Å². The van der Waals surface area contributed by atoms with E-state index in [2.05, 4.69) is 17.1 Å². The Kier molecular flexibility index (Phi) is 4.83. The largest absolute Gasteiger partial charge is 0.349 e. The van der Waals surface area contributed by atoms with Crippen LogP contribution in [0.1, 0.15) is 18.4 Å². The van der Waals surface area contributed by atoms with Gasteiger partial charge in [0.1, 0.15) is 0 Å². The van der Waals surface area contributed by atoms with Crippen LogP contribution in [0.3, 0.4) is 0 Å². The van der Waals surface area contributed by atoms with E-state index < -0.39 is 0 Å². The maximum Gasteiger partial charge on any atom is 0.227 e. The lowest BCUT2D eigenvalue weighted by molar-refractivity contribution is -0.117. The Morgan fingerprint density at radius 3 is 2.52 bits per heavy atom. The Hall–Kier alpha value is -2.04. The van der Waals surface area contributed by atoms with Crippen LogP contribution in [-0.2, 0) is 11.3 Å². The van der Waals surface area contributed by atoms with Gasteiger partial charge in [0.15, 0.2) is 5.96 Å². The minimum atomic E-state index is 0.220. The molecule has 114 valence electrons. The van der Waals surface area contributed by atoms with Crippen molar-refractivity contribution in [2.45, 2.75) is 19.4 Å². The maximum absolute atomic E-state index is 11.8. The fourth-order valence-electron chi connectivity index (χ4n) is 2.59. The normalized spacial score (nSPS) is 14.3. The average molecular weight is 288 g/mol. The summed E-state index contributed by atoms with van der Waals surface area (Å²) in [4.78, 5) is 22.3. The van der Waals surface area contributed by atoms with Crippen LogP contribution in [0.5, 0.6) is 0 Å². The number of carbonyl (C=O) groups is 1. The molecule has 0 radical (unpaired) electrons. The monoisotopic (exact) mass is 288 g/mol. The first-order valence-electron chi connectivity index (χ1n) is 7.27. The van der Waals surface area contributed by atoms with E-state index in [4.69, 9.17) is 0 Å². The van der Waals surface area contributed by atoms with Crippen LogP contribution in [-0.4, -0.2) is 56.4 Å². The fourth-order valence-corrected chi connectivity index (χ4v) is 2.59. The molecule has 0 aliphatic carbocycles. The SMILES string of the molecule is CN(C)C(=NCc1cccc(N2CCCC2=O)c1)N(C)C. The topological polar surface area (TPSA) is 39.1 Å². The van der Waals surface area contributed by atoms with Gasteiger partial charge in [-0.15, -0.1) is 0 Å². The minimum absolute atomic E-state index is 0.220. The minimum Gasteiger partial charge on any atom is -0.349 e. The van der Waals surface area contributed by atoms with Crippen molar-refractivity contribution in [2.24, 2.45) is 4.99 Å². The average Bonchev–Trinajstić information content (AvgIpc) is 2.85. The molecule has 2 rings (SSSR count). The summed E-state index contributed by atoms with van der Waals surface area (Å²) < 4.78 is 0. The number of guanidine groups is 1. The summed E-state index contributed by atoms with van der Waals surface area (Å²) in [5.41, 5.74) is 2.11. The molecule has 0 aromatic heterocycles. The number of amides is 1. The number of anilines is 1. The Bertz CT molecular complexity index is 527. The summed E-state index contributed by atoms with van der Waals surface area (Å²) in [5.74, 6) is 1.15. The predicted octanol–water partition coefficient (Wildman–Crippen LogP) is 1.79. The van der Waals surface area contributed by atoms with E-state index in [1.54, 1.807) is 0 Å². The van der Waals surface area contributed by atoms with E-state index in [0.717, 1.165) is 30.2 Å². The highest BCUT2D eigenvalue weighted by atomic mass is 16.2. The molecule has 1 heterocycles. The summed E-state index contributed by atoms with van der Waals surface area (Å²) in [6.45, 7) is 1.44. The highest BCUT2D eigenvalue weighted by Crippen LogP contribution is 2.22. The first-order chi connectivity index (χ1) is 9.99. The number of carbonyl (C=O) groups excluding carboxylic acids is 1. The van der Waals surface area contributed by atoms with Crippen molar-refractivity contribution in [3.63, 3.8) is 0 Å². The Morgan fingerprint density at radius 2 is 1.95 bits per heavy atom. The van der Waals surface area contributed by atoms with E-state index in [1.807, 2.05) is 55.0 Å². The van der Waals surface area contributed by atoms with E-state index in [9.17, 15) is 4.79 Å². The lowest BCUT2D eigenvalue weighted by Crippen LogP contribution is -2.35. The van der Waals surface area contributed by atoms with Crippen molar-refractivity contribution in [1.82, 2.24) is 9.80 Å². The van der Waals surface area contributed by atoms with Gasteiger partial charge in [0.2, 0.25) is 5.91 Å². The number of hydrogen-bond donors (Lipinski definition) is 0. The van der Waals surface area contributed by atoms with Crippen molar-refractivity contribution >= 4 is 17.6 Å². The molecule has 5 nitrogen and oxygen atoms in total. The van der Waals surface area contributed by atoms with Crippen LogP contribution in [0.25, 0.3) is 0 Å². The molecular formula is C16H24N4O. The molecule has 0 atom stereocenters. The van der Waals surface area contributed by atoms with Crippen LogP contribution >= 0.6 is 0 Å². The summed E-state index contributed by atoms with van der Waals surface area (Å²) in [6, 6.07) is 8.11. The zero-order valence-electron chi connectivity index (χ0n) is 13.3. The second-order valence-electron chi connectivity index (χ2n) is 5.72. The standard InChI is InChI=1S/C16H24N4O/c1-18(2)16(19(3)4)17-12-13-7-5-8-14(11-13)20-10-6-9-15(20)21/h5,7-8,11H,6,9-10,12H2,1-4H3. The van der Waals surface area contributed by atoms with Gasteiger partial charge in [-0.05, 0) is 24.1 Å². The highest BCUT2D eigenvalue weighted by Gasteiger charge is 2.21. The van der Waals surface area contributed by atoms with Crippen molar-refractivity contribution in [3.05, 3.63) is 29.8 Å². The first kappa shape index (κ1) is 15.4. The molecule has 21 heavy (non-hydrogen) atoms. The molecule has 0 saturated carbocycles. The third kappa shape index (κ3) is 3.74. The Balaban J connectivity index is 2.14. The molecule has 0 N–H and O–H groups in total. The molecule has 1 aliphatic rings. The molecule has 0 bridgehead atoms. The quantitative estimate of drug-likeness (QED) is 0.629. The van der Waals surface area contributed by atoms with Gasteiger partial charge in [-0.1, -0.05) is 12.1 Å². The second kappa shape index (κ2) is 6.61. The molecule has 1 amide bonds. The summed E-state index contributed by atoms with van der Waals surface area (Å²) in [7, 11) is 7.94. The van der Waals surface area contributed by atoms with Gasteiger partial charge < -0.3 is 14.7 Å². The molecule has 0 unspecified atom stereocenters. The van der Waals surface area contributed by atoms with E-state index in [-0.39, 0.29) is 5.91 Å². The van der Waals surface area contributed by atoms with Gasteiger partial charge in [-0.25, -0.2) is 4.99 Å². The van der Waals surface area contributed by atoms with Crippen LogP contribution in [0, 0.1) is 0 Å². The van der Waals surface area contributed by atoms with E-state index >= 15 is 0 Å². The van der Waals surface area contributed by atoms with E-state index in [1.165, 1.54) is 0 Å². The molecule has 1 saturated heterocycles. The lowest BCUT2D eigenvalue weighted by atomic mass is 10.2. The van der Waals surface area contributed by atoms with Crippen molar-refractivity contribution < 1.29 is 4.79 Å². The smallest absolute Gasteiger partial charge is 0.227 e. The van der Waals surface area contributed by atoms with Gasteiger partial charge in [0.25, 0.3) is 0 Å². The van der Waals surface area contributed by atoms with Gasteiger partial charge in [-0.2, -0.15) is 0 Å². The van der Waals surface area contributed by atoms with Crippen LogP contribution in [0.2, 0.25) is 0 Å². The molecule has 5 heteroatoms. The zero-order valence-corrected chi connectivity index (χ0v) is 13.3. The third-order valence-corrected chi connectivity index (χ3v) is 3.50. The Morgan fingerprint density at radius 1 is 1.24 bits per heavy atom. The van der Waals surface area contributed by atoms with Gasteiger partial charge >= 0.3 is 0 Å². The number of rotatable bonds is 3. The Labute approximate surface area is 126 Å². The van der Waals surface area contributed by atoms with E-state index in [0.29, 0.717) is 13.0 Å². The summed E-state index contributed by atoms with van der Waals surface area (Å²) in [6.07, 6.45) is 1.61. The van der Waals surface area contributed by atoms with Gasteiger partial charge in [0.05, 0.1) is 6.54 Å². The molecular weight excluding hydrogens is 264 g/mol. The van der Waals surface area contributed by atoms with Gasteiger partial charge in [0, 0.05) is 46.8 Å². The molecule has 1 aromatic carbocycles. The number of aliphatic imine (C=N–C) groups is 1. The fraction of sp³-hybridized carbons (Fsp3) is 0.500. The summed E-state index contributed by atoms with van der Waals surface area (Å²) >= 11 is 0. The summed E-state index contributed by atoms with van der Waals surface area (Å²) in [5, 5.41) is 0. The van der Waals surface area contributed by atoms with Gasteiger partial charge in [-0.3, -0.25) is 4.79 Å². The van der Waals surface area contributed by atoms with Crippen LogP contribution in [0.4, 0.5) is 5.69 Å². The van der Waals surface area contributed by atoms with Crippen LogP contribution in [0.15, 0.2) is 29.3 Å². The third-order valence-electron chi connectivity index (χ3n) is 3.50.